The molecule has 0 unspecified atom stereocenters. The van der Waals surface area contributed by atoms with E-state index in [0.29, 0.717) is 10.7 Å². The fourth-order valence-corrected chi connectivity index (χ4v) is 4.76. The molecule has 2 amide bonds. The number of urea groups is 1. The molecule has 28 heavy (non-hydrogen) atoms. The maximum Gasteiger partial charge on any atom is 0.333 e. The first-order valence-electron chi connectivity index (χ1n) is 9.14. The third kappa shape index (κ3) is 4.25. The van der Waals surface area contributed by atoms with Gasteiger partial charge in [0.25, 0.3) is 10.0 Å². The molecule has 2 aromatic rings. The summed E-state index contributed by atoms with van der Waals surface area (Å²) < 4.78 is 26.9. The van der Waals surface area contributed by atoms with E-state index >= 15 is 0 Å². The monoisotopic (exact) mass is 421 g/mol. The highest BCUT2D eigenvalue weighted by Gasteiger charge is 2.22. The molecule has 0 spiro atoms. The second kappa shape index (κ2) is 8.01. The fourth-order valence-electron chi connectivity index (χ4n) is 3.73. The van der Waals surface area contributed by atoms with Crippen molar-refractivity contribution in [3.8, 4) is 0 Å². The molecule has 8 heteroatoms. The minimum Gasteiger partial charge on any atom is -0.371 e. The lowest BCUT2D eigenvalue weighted by molar-refractivity contribution is 0.256. The lowest BCUT2D eigenvalue weighted by atomic mass is 10.0. The third-order valence-electron chi connectivity index (χ3n) is 4.94. The normalized spacial score (nSPS) is 14.2. The highest BCUT2D eigenvalue weighted by molar-refractivity contribution is 7.90. The predicted octanol–water partition coefficient (Wildman–Crippen LogP) is 4.38. The van der Waals surface area contributed by atoms with Gasteiger partial charge in [-0.25, -0.2) is 17.9 Å². The summed E-state index contributed by atoms with van der Waals surface area (Å²) in [5.41, 5.74) is 4.72. The van der Waals surface area contributed by atoms with E-state index in [-0.39, 0.29) is 4.90 Å². The van der Waals surface area contributed by atoms with Crippen molar-refractivity contribution in [2.75, 3.05) is 23.3 Å². The Hall–Kier alpha value is -2.25. The number of nitrogens with zero attached hydrogens (tertiary/aromatic N) is 1. The van der Waals surface area contributed by atoms with Gasteiger partial charge in [0.05, 0.1) is 10.6 Å². The van der Waals surface area contributed by atoms with Crippen molar-refractivity contribution in [1.82, 2.24) is 4.72 Å². The van der Waals surface area contributed by atoms with E-state index in [9.17, 15) is 13.2 Å². The summed E-state index contributed by atoms with van der Waals surface area (Å²) in [5.74, 6) is 0. The third-order valence-corrected chi connectivity index (χ3v) is 6.54. The van der Waals surface area contributed by atoms with Gasteiger partial charge >= 0.3 is 6.03 Å². The number of rotatable bonds is 4. The quantitative estimate of drug-likeness (QED) is 0.768. The second-order valence-corrected chi connectivity index (χ2v) is 9.19. The van der Waals surface area contributed by atoms with E-state index in [4.69, 9.17) is 11.6 Å². The van der Waals surface area contributed by atoms with E-state index in [2.05, 4.69) is 21.9 Å². The minimum absolute atomic E-state index is 0.0258. The summed E-state index contributed by atoms with van der Waals surface area (Å²) in [7, 11) is -3.99. The molecular formula is C20H24ClN3O3S. The number of carbonyl (C=O) groups excluding carboxylic acids is 1. The SMILES string of the molecule is Cc1cc(C)c(N2CCCC2)c(C)c1NC(=O)NS(=O)(=O)c1ccc(Cl)cc1. The number of carbonyl (C=O) groups is 1. The van der Waals surface area contributed by atoms with Gasteiger partial charge in [-0.2, -0.15) is 0 Å². The molecule has 0 atom stereocenters. The van der Waals surface area contributed by atoms with Gasteiger partial charge in [-0.3, -0.25) is 0 Å². The van der Waals surface area contributed by atoms with Crippen molar-refractivity contribution in [3.63, 3.8) is 0 Å². The van der Waals surface area contributed by atoms with Crippen molar-refractivity contribution in [1.29, 1.82) is 0 Å². The van der Waals surface area contributed by atoms with Crippen molar-refractivity contribution >= 4 is 39.0 Å². The van der Waals surface area contributed by atoms with Gasteiger partial charge in [-0.15, -0.1) is 0 Å². The summed E-state index contributed by atoms with van der Waals surface area (Å²) >= 11 is 5.79. The molecule has 2 N–H and O–H groups in total. The van der Waals surface area contributed by atoms with Gasteiger partial charge in [0.1, 0.15) is 0 Å². The fraction of sp³-hybridized carbons (Fsp3) is 0.350. The Morgan fingerprint density at radius 3 is 2.25 bits per heavy atom. The molecule has 0 saturated carbocycles. The van der Waals surface area contributed by atoms with Crippen LogP contribution in [-0.4, -0.2) is 27.5 Å². The maximum atomic E-state index is 12.4. The topological polar surface area (TPSA) is 78.5 Å². The predicted molar refractivity (Wildman–Crippen MR) is 113 cm³/mol. The number of hydrogen-bond donors (Lipinski definition) is 2. The molecule has 1 saturated heterocycles. The van der Waals surface area contributed by atoms with Crippen LogP contribution in [0.5, 0.6) is 0 Å². The Bertz CT molecular complexity index is 998. The zero-order valence-electron chi connectivity index (χ0n) is 16.2. The molecule has 0 radical (unpaired) electrons. The summed E-state index contributed by atoms with van der Waals surface area (Å²) in [4.78, 5) is 14.7. The molecule has 1 aliphatic heterocycles. The standard InChI is InChI=1S/C20H24ClN3O3S/c1-13-12-14(2)19(24-10-4-5-11-24)15(3)18(13)22-20(25)23-28(26,27)17-8-6-16(21)7-9-17/h6-9,12H,4-5,10-11H2,1-3H3,(H2,22,23,25). The highest BCUT2D eigenvalue weighted by Crippen LogP contribution is 2.35. The average Bonchev–Trinajstić information content (AvgIpc) is 3.12. The number of nitrogens with one attached hydrogen (secondary N) is 2. The number of sulfonamides is 1. The van der Waals surface area contributed by atoms with Gasteiger partial charge < -0.3 is 10.2 Å². The minimum atomic E-state index is -3.99. The van der Waals surface area contributed by atoms with E-state index in [1.807, 2.05) is 19.9 Å². The van der Waals surface area contributed by atoms with E-state index in [1.54, 1.807) is 0 Å². The number of halogens is 1. The van der Waals surface area contributed by atoms with Crippen LogP contribution in [0.15, 0.2) is 35.2 Å². The largest absolute Gasteiger partial charge is 0.371 e. The molecule has 1 fully saturated rings. The molecule has 1 aliphatic rings. The molecule has 1 heterocycles. The lowest BCUT2D eigenvalue weighted by Crippen LogP contribution is -2.35. The number of hydrogen-bond acceptors (Lipinski definition) is 4. The smallest absolute Gasteiger partial charge is 0.333 e. The second-order valence-electron chi connectivity index (χ2n) is 7.07. The van der Waals surface area contributed by atoms with Crippen LogP contribution in [0.4, 0.5) is 16.2 Å². The van der Waals surface area contributed by atoms with Crippen LogP contribution in [0.1, 0.15) is 29.5 Å². The van der Waals surface area contributed by atoms with Crippen LogP contribution >= 0.6 is 11.6 Å². The van der Waals surface area contributed by atoms with Crippen molar-refractivity contribution in [2.24, 2.45) is 0 Å². The molecular weight excluding hydrogens is 398 g/mol. The van der Waals surface area contributed by atoms with Gasteiger partial charge in [-0.05, 0) is 74.6 Å². The Balaban J connectivity index is 1.84. The molecule has 6 nitrogen and oxygen atoms in total. The van der Waals surface area contributed by atoms with Crippen LogP contribution in [0.25, 0.3) is 0 Å². The average molecular weight is 422 g/mol. The van der Waals surface area contributed by atoms with E-state index in [1.165, 1.54) is 24.3 Å². The van der Waals surface area contributed by atoms with Crippen LogP contribution in [0.2, 0.25) is 5.02 Å². The Morgan fingerprint density at radius 2 is 1.64 bits per heavy atom. The number of amides is 2. The van der Waals surface area contributed by atoms with Crippen molar-refractivity contribution in [3.05, 3.63) is 52.0 Å². The van der Waals surface area contributed by atoms with Crippen molar-refractivity contribution < 1.29 is 13.2 Å². The lowest BCUT2D eigenvalue weighted by Gasteiger charge is -2.26. The van der Waals surface area contributed by atoms with Crippen molar-refractivity contribution in [2.45, 2.75) is 38.5 Å². The van der Waals surface area contributed by atoms with Crippen LogP contribution in [-0.2, 0) is 10.0 Å². The molecule has 0 bridgehead atoms. The first-order valence-corrected chi connectivity index (χ1v) is 11.0. The first-order chi connectivity index (χ1) is 13.2. The van der Waals surface area contributed by atoms with E-state index in [0.717, 1.165) is 48.3 Å². The molecule has 0 aliphatic carbocycles. The Labute approximate surface area is 170 Å². The number of anilines is 2. The first kappa shape index (κ1) is 20.5. The summed E-state index contributed by atoms with van der Waals surface area (Å²) in [6.45, 7) is 7.89. The highest BCUT2D eigenvalue weighted by atomic mass is 35.5. The Kier molecular flexibility index (Phi) is 5.86. The van der Waals surface area contributed by atoms with E-state index < -0.39 is 16.1 Å². The van der Waals surface area contributed by atoms with Gasteiger partial charge in [0.15, 0.2) is 0 Å². The molecule has 150 valence electrons. The summed E-state index contributed by atoms with van der Waals surface area (Å²) in [5, 5.41) is 3.15. The van der Waals surface area contributed by atoms with Gasteiger partial charge in [-0.1, -0.05) is 17.7 Å². The van der Waals surface area contributed by atoms with Crippen LogP contribution < -0.4 is 14.9 Å². The summed E-state index contributed by atoms with van der Waals surface area (Å²) in [6.07, 6.45) is 2.30. The van der Waals surface area contributed by atoms with Gasteiger partial charge in [0, 0.05) is 23.8 Å². The molecule has 0 aromatic heterocycles. The Morgan fingerprint density at radius 1 is 1.04 bits per heavy atom. The number of benzene rings is 2. The van der Waals surface area contributed by atoms with Gasteiger partial charge in [0.2, 0.25) is 0 Å². The number of aryl methyl sites for hydroxylation is 2. The zero-order valence-corrected chi connectivity index (χ0v) is 17.7. The molecule has 3 rings (SSSR count). The maximum absolute atomic E-state index is 12.4. The zero-order chi connectivity index (χ0) is 20.5. The summed E-state index contributed by atoms with van der Waals surface area (Å²) in [6, 6.07) is 6.86. The molecule has 2 aromatic carbocycles. The van der Waals surface area contributed by atoms with Crippen LogP contribution in [0.3, 0.4) is 0 Å². The van der Waals surface area contributed by atoms with Crippen LogP contribution in [0, 0.1) is 20.8 Å².